The van der Waals surface area contributed by atoms with Crippen LogP contribution in [0.5, 0.6) is 5.75 Å². The molecule has 2 N–H and O–H groups in total. The van der Waals surface area contributed by atoms with Crippen molar-refractivity contribution in [1.29, 1.82) is 0 Å². The lowest BCUT2D eigenvalue weighted by molar-refractivity contribution is 0.414. The first-order valence-electron chi connectivity index (χ1n) is 7.45. The minimum absolute atomic E-state index is 0.280. The lowest BCUT2D eigenvalue weighted by Gasteiger charge is -2.15. The summed E-state index contributed by atoms with van der Waals surface area (Å²) in [5.74, 6) is 0.135. The number of benzene rings is 2. The Hall–Kier alpha value is -2.73. The van der Waals surface area contributed by atoms with Crippen molar-refractivity contribution in [3.63, 3.8) is 0 Å². The van der Waals surface area contributed by atoms with Crippen LogP contribution in [0.15, 0.2) is 54.9 Å². The molecule has 2 aromatic carbocycles. The molecule has 3 aromatic rings. The smallest absolute Gasteiger partial charge is 0.130 e. The average molecular weight is 329 g/mol. The van der Waals surface area contributed by atoms with Crippen LogP contribution < -0.4 is 10.5 Å². The second kappa shape index (κ2) is 6.80. The van der Waals surface area contributed by atoms with Crippen molar-refractivity contribution in [1.82, 2.24) is 9.55 Å². The van der Waals surface area contributed by atoms with Gasteiger partial charge in [-0.1, -0.05) is 0 Å². The van der Waals surface area contributed by atoms with Gasteiger partial charge in [-0.15, -0.1) is 0 Å². The van der Waals surface area contributed by atoms with Crippen molar-refractivity contribution in [2.75, 3.05) is 7.11 Å². The van der Waals surface area contributed by atoms with Crippen molar-refractivity contribution in [2.45, 2.75) is 12.5 Å². The molecule has 0 bridgehead atoms. The van der Waals surface area contributed by atoms with Crippen LogP contribution >= 0.6 is 0 Å². The van der Waals surface area contributed by atoms with Crippen LogP contribution in [0.3, 0.4) is 0 Å². The predicted molar refractivity (Wildman–Crippen MR) is 87.1 cm³/mol. The van der Waals surface area contributed by atoms with Gasteiger partial charge in [-0.2, -0.15) is 0 Å². The molecule has 0 unspecified atom stereocenters. The van der Waals surface area contributed by atoms with Gasteiger partial charge in [0, 0.05) is 24.1 Å². The lowest BCUT2D eigenvalue weighted by Crippen LogP contribution is -2.18. The maximum atomic E-state index is 13.3. The highest BCUT2D eigenvalue weighted by Crippen LogP contribution is 2.21. The Kier molecular flexibility index (Phi) is 4.57. The van der Waals surface area contributed by atoms with E-state index in [1.807, 2.05) is 28.8 Å². The molecule has 0 amide bonds. The molecule has 0 saturated carbocycles. The van der Waals surface area contributed by atoms with Crippen LogP contribution in [-0.4, -0.2) is 16.7 Å². The number of hydrogen-bond acceptors (Lipinski definition) is 3. The summed E-state index contributed by atoms with van der Waals surface area (Å²) in [7, 11) is 1.60. The minimum Gasteiger partial charge on any atom is -0.497 e. The highest BCUT2D eigenvalue weighted by molar-refractivity contribution is 5.39. The number of aromatic nitrogens is 2. The summed E-state index contributed by atoms with van der Waals surface area (Å²) >= 11 is 0. The lowest BCUT2D eigenvalue weighted by atomic mass is 10.1. The summed E-state index contributed by atoms with van der Waals surface area (Å²) in [6, 6.07) is 10.4. The van der Waals surface area contributed by atoms with Crippen LogP contribution in [0.25, 0.3) is 5.69 Å². The van der Waals surface area contributed by atoms with Crippen molar-refractivity contribution >= 4 is 0 Å². The van der Waals surface area contributed by atoms with Crippen LogP contribution in [-0.2, 0) is 6.42 Å². The normalized spacial score (nSPS) is 12.2. The van der Waals surface area contributed by atoms with E-state index >= 15 is 0 Å². The summed E-state index contributed by atoms with van der Waals surface area (Å²) in [4.78, 5) is 4.30. The topological polar surface area (TPSA) is 53.1 Å². The number of nitrogens with two attached hydrogens (primary N) is 1. The Bertz CT molecular complexity index is 810. The number of nitrogens with zero attached hydrogens (tertiary/aromatic N) is 2. The first-order chi connectivity index (χ1) is 11.6. The molecule has 4 nitrogen and oxygen atoms in total. The number of halogens is 2. The first-order valence-corrected chi connectivity index (χ1v) is 7.45. The highest BCUT2D eigenvalue weighted by atomic mass is 19.1. The standard InChI is InChI=1S/C18H17F2N3O/c1-24-16-4-2-15(3-5-16)23-7-6-22-18(23)17(21)10-12-8-13(19)11-14(20)9-12/h2-9,11,17H,10,21H2,1H3/t17-/m0/s1. The van der Waals surface area contributed by atoms with E-state index in [9.17, 15) is 8.78 Å². The Labute approximate surface area is 138 Å². The highest BCUT2D eigenvalue weighted by Gasteiger charge is 2.15. The van der Waals surface area contributed by atoms with Gasteiger partial charge < -0.3 is 15.0 Å². The molecule has 3 rings (SSSR count). The second-order valence-corrected chi connectivity index (χ2v) is 5.44. The maximum Gasteiger partial charge on any atom is 0.130 e. The zero-order valence-electron chi connectivity index (χ0n) is 13.1. The molecule has 0 aliphatic rings. The molecule has 1 atom stereocenters. The van der Waals surface area contributed by atoms with Crippen molar-refractivity contribution in [3.05, 3.63) is 77.9 Å². The van der Waals surface area contributed by atoms with Crippen molar-refractivity contribution < 1.29 is 13.5 Å². The fourth-order valence-electron chi connectivity index (χ4n) is 2.62. The molecule has 0 radical (unpaired) electrons. The third kappa shape index (κ3) is 3.44. The molecule has 124 valence electrons. The van der Waals surface area contributed by atoms with E-state index in [2.05, 4.69) is 4.98 Å². The van der Waals surface area contributed by atoms with Gasteiger partial charge in [-0.05, 0) is 48.4 Å². The molecule has 24 heavy (non-hydrogen) atoms. The van der Waals surface area contributed by atoms with Gasteiger partial charge in [0.15, 0.2) is 0 Å². The second-order valence-electron chi connectivity index (χ2n) is 5.44. The maximum absolute atomic E-state index is 13.3. The molecule has 1 aromatic heterocycles. The fraction of sp³-hybridized carbons (Fsp3) is 0.167. The zero-order chi connectivity index (χ0) is 17.1. The van der Waals surface area contributed by atoms with E-state index < -0.39 is 17.7 Å². The molecule has 0 saturated heterocycles. The SMILES string of the molecule is COc1ccc(-n2ccnc2[C@@H](N)Cc2cc(F)cc(F)c2)cc1. The average Bonchev–Trinajstić information content (AvgIpc) is 3.03. The quantitative estimate of drug-likeness (QED) is 0.780. The number of ether oxygens (including phenoxy) is 1. The molecule has 0 spiro atoms. The number of rotatable bonds is 5. The Morgan fingerprint density at radius 1 is 1.12 bits per heavy atom. The zero-order valence-corrected chi connectivity index (χ0v) is 13.1. The van der Waals surface area contributed by atoms with Gasteiger partial charge in [0.1, 0.15) is 23.2 Å². The first kappa shape index (κ1) is 16.1. The third-order valence-electron chi connectivity index (χ3n) is 3.73. The van der Waals surface area contributed by atoms with E-state index in [-0.39, 0.29) is 6.42 Å². The molecular weight excluding hydrogens is 312 g/mol. The van der Waals surface area contributed by atoms with Gasteiger partial charge in [0.05, 0.1) is 13.2 Å². The molecule has 0 aliphatic carbocycles. The molecule has 1 heterocycles. The number of hydrogen-bond donors (Lipinski definition) is 1. The van der Waals surface area contributed by atoms with E-state index in [1.54, 1.807) is 19.5 Å². The number of methoxy groups -OCH3 is 1. The van der Waals surface area contributed by atoms with Gasteiger partial charge >= 0.3 is 0 Å². The van der Waals surface area contributed by atoms with Gasteiger partial charge in [0.2, 0.25) is 0 Å². The van der Waals surface area contributed by atoms with Gasteiger partial charge in [0.25, 0.3) is 0 Å². The van der Waals surface area contributed by atoms with Crippen LogP contribution in [0.2, 0.25) is 0 Å². The van der Waals surface area contributed by atoms with E-state index in [0.717, 1.165) is 17.5 Å². The predicted octanol–water partition coefficient (Wildman–Crippen LogP) is 3.40. The fourth-order valence-corrected chi connectivity index (χ4v) is 2.62. The van der Waals surface area contributed by atoms with Crippen LogP contribution in [0.4, 0.5) is 8.78 Å². The largest absolute Gasteiger partial charge is 0.497 e. The van der Waals surface area contributed by atoms with Gasteiger partial charge in [-0.25, -0.2) is 13.8 Å². The minimum atomic E-state index is -0.615. The Morgan fingerprint density at radius 3 is 2.42 bits per heavy atom. The van der Waals surface area contributed by atoms with E-state index in [1.165, 1.54) is 12.1 Å². The summed E-state index contributed by atoms with van der Waals surface area (Å²) in [5.41, 5.74) is 7.58. The van der Waals surface area contributed by atoms with Gasteiger partial charge in [-0.3, -0.25) is 0 Å². The third-order valence-corrected chi connectivity index (χ3v) is 3.73. The van der Waals surface area contributed by atoms with Crippen molar-refractivity contribution in [3.8, 4) is 11.4 Å². The number of imidazole rings is 1. The van der Waals surface area contributed by atoms with Crippen LogP contribution in [0.1, 0.15) is 17.4 Å². The summed E-state index contributed by atoms with van der Waals surface area (Å²) in [6.07, 6.45) is 3.72. The molecule has 6 heteroatoms. The van der Waals surface area contributed by atoms with Crippen LogP contribution in [0, 0.1) is 11.6 Å². The molecular formula is C18H17F2N3O. The van der Waals surface area contributed by atoms with E-state index in [4.69, 9.17) is 10.5 Å². The Morgan fingerprint density at radius 2 is 1.79 bits per heavy atom. The Balaban J connectivity index is 1.85. The van der Waals surface area contributed by atoms with E-state index in [0.29, 0.717) is 11.4 Å². The molecule has 0 fully saturated rings. The molecule has 0 aliphatic heterocycles. The summed E-state index contributed by atoms with van der Waals surface area (Å²) < 4.78 is 33.6. The summed E-state index contributed by atoms with van der Waals surface area (Å²) in [6.45, 7) is 0. The summed E-state index contributed by atoms with van der Waals surface area (Å²) in [5, 5.41) is 0. The van der Waals surface area contributed by atoms with Crippen molar-refractivity contribution in [2.24, 2.45) is 5.73 Å². The monoisotopic (exact) mass is 329 g/mol.